The van der Waals surface area contributed by atoms with Crippen LogP contribution in [0.25, 0.3) is 5.65 Å². The summed E-state index contributed by atoms with van der Waals surface area (Å²) >= 11 is 1.84. The molecule has 3 aromatic heterocycles. The van der Waals surface area contributed by atoms with Gasteiger partial charge in [0.05, 0.1) is 11.7 Å². The predicted molar refractivity (Wildman–Crippen MR) is 118 cm³/mol. The zero-order valence-corrected chi connectivity index (χ0v) is 17.6. The Morgan fingerprint density at radius 3 is 2.97 bits per heavy atom. The topological polar surface area (TPSA) is 62.5 Å². The third kappa shape index (κ3) is 3.51. The lowest BCUT2D eigenvalue weighted by Gasteiger charge is -2.35. The molecule has 0 spiro atoms. The number of rotatable bonds is 5. The van der Waals surface area contributed by atoms with E-state index in [9.17, 15) is 4.79 Å². The number of carbonyl (C=O) groups excluding carboxylic acids is 1. The summed E-state index contributed by atoms with van der Waals surface area (Å²) in [6, 6.07) is 14.6. The first-order valence-electron chi connectivity index (χ1n) is 10.1. The number of aromatic nitrogens is 3. The van der Waals surface area contributed by atoms with Crippen LogP contribution in [0.15, 0.2) is 60.2 Å². The van der Waals surface area contributed by atoms with Crippen molar-refractivity contribution in [2.24, 2.45) is 0 Å². The summed E-state index contributed by atoms with van der Waals surface area (Å²) in [5.74, 6) is -0.129. The van der Waals surface area contributed by atoms with E-state index in [0.29, 0.717) is 23.4 Å². The zero-order valence-electron chi connectivity index (χ0n) is 16.8. The molecular weight excluding hydrogens is 394 g/mol. The summed E-state index contributed by atoms with van der Waals surface area (Å²) in [5, 5.41) is 9.75. The van der Waals surface area contributed by atoms with Crippen LogP contribution in [0.4, 0.5) is 0 Å². The number of nitrogens with zero attached hydrogens (tertiary/aromatic N) is 4. The minimum atomic E-state index is -0.129. The van der Waals surface area contributed by atoms with E-state index < -0.39 is 0 Å². The maximum Gasteiger partial charge on any atom is 0.257 e. The van der Waals surface area contributed by atoms with Crippen molar-refractivity contribution in [1.82, 2.24) is 24.8 Å². The van der Waals surface area contributed by atoms with Crippen molar-refractivity contribution in [1.29, 1.82) is 0 Å². The number of carbonyl (C=O) groups is 1. The van der Waals surface area contributed by atoms with E-state index in [1.54, 1.807) is 10.7 Å². The van der Waals surface area contributed by atoms with Crippen LogP contribution in [0.5, 0.6) is 0 Å². The minimum absolute atomic E-state index is 0.110. The van der Waals surface area contributed by atoms with Gasteiger partial charge in [0.15, 0.2) is 5.65 Å². The SMILES string of the molecule is Cc1nn2cccnc2c1C(=O)NCC(c1ccccc1)N1CCc2sccc2C1. The fraction of sp³-hybridized carbons (Fsp3) is 0.261. The average Bonchev–Trinajstić information content (AvgIpc) is 3.37. The standard InChI is InChI=1S/C23H23N5OS/c1-16-21(22-24-10-5-11-28(22)26-16)23(29)25-14-19(17-6-3-2-4-7-17)27-12-8-20-18(15-27)9-13-30-20/h2-7,9-11,13,19H,8,12,14-15H2,1H3,(H,25,29). The van der Waals surface area contributed by atoms with Crippen LogP contribution in [-0.4, -0.2) is 38.5 Å². The van der Waals surface area contributed by atoms with Gasteiger partial charge in [0, 0.05) is 36.9 Å². The highest BCUT2D eigenvalue weighted by atomic mass is 32.1. The number of amides is 1. The van der Waals surface area contributed by atoms with Crippen molar-refractivity contribution in [3.05, 3.63) is 87.5 Å². The Morgan fingerprint density at radius 1 is 1.23 bits per heavy atom. The second kappa shape index (κ2) is 8.01. The second-order valence-corrected chi connectivity index (χ2v) is 8.57. The van der Waals surface area contributed by atoms with Gasteiger partial charge in [0.25, 0.3) is 5.91 Å². The van der Waals surface area contributed by atoms with E-state index >= 15 is 0 Å². The largest absolute Gasteiger partial charge is 0.350 e. The molecule has 0 radical (unpaired) electrons. The molecule has 4 aromatic rings. The molecule has 0 saturated heterocycles. The molecule has 1 unspecified atom stereocenters. The molecule has 0 aliphatic carbocycles. The van der Waals surface area contributed by atoms with Crippen LogP contribution in [0.2, 0.25) is 0 Å². The summed E-state index contributed by atoms with van der Waals surface area (Å²) < 4.78 is 1.65. The molecule has 0 fully saturated rings. The van der Waals surface area contributed by atoms with Crippen LogP contribution in [0, 0.1) is 6.92 Å². The molecule has 1 aromatic carbocycles. The molecule has 1 atom stereocenters. The molecule has 7 heteroatoms. The second-order valence-electron chi connectivity index (χ2n) is 7.57. The Hall–Kier alpha value is -3.03. The fourth-order valence-electron chi connectivity index (χ4n) is 4.21. The third-order valence-electron chi connectivity index (χ3n) is 5.72. The lowest BCUT2D eigenvalue weighted by atomic mass is 10.0. The number of hydrogen-bond acceptors (Lipinski definition) is 5. The van der Waals surface area contributed by atoms with Gasteiger partial charge in [0.2, 0.25) is 0 Å². The molecule has 4 heterocycles. The van der Waals surface area contributed by atoms with E-state index in [0.717, 1.165) is 19.5 Å². The summed E-state index contributed by atoms with van der Waals surface area (Å²) in [6.45, 7) is 4.28. The Labute approximate surface area is 179 Å². The molecule has 6 nitrogen and oxygen atoms in total. The third-order valence-corrected chi connectivity index (χ3v) is 6.74. The van der Waals surface area contributed by atoms with Crippen LogP contribution < -0.4 is 5.32 Å². The quantitative estimate of drug-likeness (QED) is 0.539. The highest BCUT2D eigenvalue weighted by molar-refractivity contribution is 7.10. The van der Waals surface area contributed by atoms with Crippen molar-refractivity contribution in [2.45, 2.75) is 25.9 Å². The molecule has 30 heavy (non-hydrogen) atoms. The van der Waals surface area contributed by atoms with E-state index in [1.807, 2.05) is 36.6 Å². The van der Waals surface area contributed by atoms with Gasteiger partial charge in [-0.05, 0) is 42.0 Å². The van der Waals surface area contributed by atoms with Crippen LogP contribution in [0.1, 0.15) is 38.1 Å². The van der Waals surface area contributed by atoms with Gasteiger partial charge >= 0.3 is 0 Å². The lowest BCUT2D eigenvalue weighted by Crippen LogP contribution is -2.40. The van der Waals surface area contributed by atoms with Gasteiger partial charge in [0.1, 0.15) is 5.56 Å². The van der Waals surface area contributed by atoms with E-state index in [1.165, 1.54) is 16.0 Å². The highest BCUT2D eigenvalue weighted by Gasteiger charge is 2.27. The summed E-state index contributed by atoms with van der Waals surface area (Å²) in [4.78, 5) is 21.4. The van der Waals surface area contributed by atoms with Gasteiger partial charge < -0.3 is 5.32 Å². The summed E-state index contributed by atoms with van der Waals surface area (Å²) in [7, 11) is 0. The first kappa shape index (κ1) is 19.0. The normalized spacial score (nSPS) is 15.1. The first-order chi connectivity index (χ1) is 14.7. The van der Waals surface area contributed by atoms with Crippen LogP contribution >= 0.6 is 11.3 Å². The number of hydrogen-bond donors (Lipinski definition) is 1. The first-order valence-corrected chi connectivity index (χ1v) is 11.0. The van der Waals surface area contributed by atoms with Crippen molar-refractivity contribution >= 4 is 22.9 Å². The predicted octanol–water partition coefficient (Wildman–Crippen LogP) is 3.63. The van der Waals surface area contributed by atoms with E-state index in [-0.39, 0.29) is 11.9 Å². The van der Waals surface area contributed by atoms with Gasteiger partial charge in [-0.2, -0.15) is 5.10 Å². The fourth-order valence-corrected chi connectivity index (χ4v) is 5.10. The number of aryl methyl sites for hydroxylation is 1. The van der Waals surface area contributed by atoms with Crippen LogP contribution in [-0.2, 0) is 13.0 Å². The molecule has 5 rings (SSSR count). The minimum Gasteiger partial charge on any atom is -0.350 e. The van der Waals surface area contributed by atoms with Crippen molar-refractivity contribution in [2.75, 3.05) is 13.1 Å². The Balaban J connectivity index is 1.39. The molecular formula is C23H23N5OS. The molecule has 1 amide bonds. The number of nitrogens with one attached hydrogen (secondary N) is 1. The van der Waals surface area contributed by atoms with Crippen molar-refractivity contribution in [3.8, 4) is 0 Å². The maximum atomic E-state index is 13.1. The van der Waals surface area contributed by atoms with Crippen molar-refractivity contribution in [3.63, 3.8) is 0 Å². The Kier molecular flexibility index (Phi) is 5.06. The molecule has 152 valence electrons. The van der Waals surface area contributed by atoms with Crippen LogP contribution in [0.3, 0.4) is 0 Å². The maximum absolute atomic E-state index is 13.1. The molecule has 0 saturated carbocycles. The Bertz CT molecular complexity index is 1180. The zero-order chi connectivity index (χ0) is 20.5. The van der Waals surface area contributed by atoms with Gasteiger partial charge in [-0.1, -0.05) is 30.3 Å². The van der Waals surface area contributed by atoms with Gasteiger partial charge in [-0.3, -0.25) is 9.69 Å². The van der Waals surface area contributed by atoms with E-state index in [2.05, 4.69) is 56.0 Å². The average molecular weight is 418 g/mol. The molecule has 1 N–H and O–H groups in total. The smallest absolute Gasteiger partial charge is 0.257 e. The molecule has 1 aliphatic heterocycles. The monoisotopic (exact) mass is 417 g/mol. The summed E-state index contributed by atoms with van der Waals surface area (Å²) in [5.41, 5.74) is 4.43. The molecule has 1 aliphatic rings. The van der Waals surface area contributed by atoms with Crippen molar-refractivity contribution < 1.29 is 4.79 Å². The number of thiophene rings is 1. The number of fused-ring (bicyclic) bond motifs is 2. The van der Waals surface area contributed by atoms with Gasteiger partial charge in [-0.25, -0.2) is 9.50 Å². The number of benzene rings is 1. The highest BCUT2D eigenvalue weighted by Crippen LogP contribution is 2.30. The van der Waals surface area contributed by atoms with E-state index in [4.69, 9.17) is 0 Å². The summed E-state index contributed by atoms with van der Waals surface area (Å²) in [6.07, 6.45) is 4.55. The molecule has 0 bridgehead atoms. The lowest BCUT2D eigenvalue weighted by molar-refractivity contribution is 0.0929. The van der Waals surface area contributed by atoms with Gasteiger partial charge in [-0.15, -0.1) is 11.3 Å². The Morgan fingerprint density at radius 2 is 2.10 bits per heavy atom.